The van der Waals surface area contributed by atoms with Crippen LogP contribution >= 0.6 is 38.9 Å². The van der Waals surface area contributed by atoms with Gasteiger partial charge in [0.15, 0.2) is 0 Å². The highest BCUT2D eigenvalue weighted by Gasteiger charge is 2.35. The molecule has 0 spiro atoms. The summed E-state index contributed by atoms with van der Waals surface area (Å²) in [4.78, 5) is 26.4. The van der Waals surface area contributed by atoms with E-state index in [1.54, 1.807) is 18.2 Å². The molecule has 96 valence electrons. The summed E-state index contributed by atoms with van der Waals surface area (Å²) in [5, 5.41) is 2.45. The van der Waals surface area contributed by atoms with Crippen molar-refractivity contribution in [3.05, 3.63) is 49.6 Å². The van der Waals surface area contributed by atoms with Gasteiger partial charge < -0.3 is 0 Å². The monoisotopic (exact) mass is 355 g/mol. The molecule has 1 aliphatic rings. The molecule has 3 nitrogen and oxygen atoms in total. The predicted molar refractivity (Wildman–Crippen MR) is 79.0 cm³/mol. The summed E-state index contributed by atoms with van der Waals surface area (Å²) in [5.41, 5.74) is 1.01. The summed E-state index contributed by atoms with van der Waals surface area (Å²) >= 11 is 10.8. The molecule has 0 aliphatic carbocycles. The zero-order chi connectivity index (χ0) is 13.6. The van der Waals surface area contributed by atoms with Crippen LogP contribution in [0.1, 0.15) is 15.2 Å². The third-order valence-electron chi connectivity index (χ3n) is 2.87. The maximum atomic E-state index is 12.0. The lowest BCUT2D eigenvalue weighted by Crippen LogP contribution is -2.28. The van der Waals surface area contributed by atoms with E-state index in [9.17, 15) is 9.59 Å². The standard InChI is InChI=1S/C13H7BrClNO2S/c14-7-3-9(19-6-7)5-16-11-4-8(15)1-2-10(11)12(17)13(16)18/h1-4,6H,5H2. The minimum absolute atomic E-state index is 0.383. The smallest absolute Gasteiger partial charge is 0.299 e. The number of Topliss-reactive ketones (excluding diaryl/α,β-unsaturated/α-hetero) is 1. The van der Waals surface area contributed by atoms with Gasteiger partial charge >= 0.3 is 0 Å². The summed E-state index contributed by atoms with van der Waals surface area (Å²) in [6, 6.07) is 6.81. The van der Waals surface area contributed by atoms with Crippen LogP contribution < -0.4 is 4.90 Å². The minimum atomic E-state index is -0.498. The third-order valence-corrected chi connectivity index (χ3v) is 4.79. The zero-order valence-electron chi connectivity index (χ0n) is 9.52. The van der Waals surface area contributed by atoms with E-state index in [0.29, 0.717) is 22.8 Å². The van der Waals surface area contributed by atoms with Crippen molar-refractivity contribution in [1.82, 2.24) is 0 Å². The van der Waals surface area contributed by atoms with Crippen molar-refractivity contribution >= 4 is 56.2 Å². The van der Waals surface area contributed by atoms with Gasteiger partial charge in [0.25, 0.3) is 11.7 Å². The first-order valence-electron chi connectivity index (χ1n) is 5.45. The van der Waals surface area contributed by atoms with Crippen LogP contribution in [-0.4, -0.2) is 11.7 Å². The second kappa shape index (κ2) is 4.74. The molecule has 0 unspecified atom stereocenters. The van der Waals surface area contributed by atoms with Gasteiger partial charge in [0.1, 0.15) is 0 Å². The Morgan fingerprint density at radius 2 is 2.05 bits per heavy atom. The molecule has 0 atom stereocenters. The van der Waals surface area contributed by atoms with E-state index in [2.05, 4.69) is 15.9 Å². The van der Waals surface area contributed by atoms with Gasteiger partial charge in [-0.15, -0.1) is 11.3 Å². The quantitative estimate of drug-likeness (QED) is 0.766. The van der Waals surface area contributed by atoms with Gasteiger partial charge in [-0.05, 0) is 40.2 Å². The number of ketones is 1. The Kier molecular flexibility index (Phi) is 3.20. The summed E-state index contributed by atoms with van der Waals surface area (Å²) in [7, 11) is 0. The Balaban J connectivity index is 2.01. The second-order valence-corrected chi connectivity index (χ2v) is 6.46. The first kappa shape index (κ1) is 12.8. The fourth-order valence-corrected chi connectivity index (χ4v) is 3.62. The second-order valence-electron chi connectivity index (χ2n) is 4.11. The highest BCUT2D eigenvalue weighted by molar-refractivity contribution is 9.10. The number of amides is 1. The molecule has 0 saturated carbocycles. The summed E-state index contributed by atoms with van der Waals surface area (Å²) in [6.07, 6.45) is 0. The molecule has 2 heterocycles. The van der Waals surface area contributed by atoms with Crippen molar-refractivity contribution in [2.24, 2.45) is 0 Å². The van der Waals surface area contributed by atoms with Gasteiger partial charge in [-0.25, -0.2) is 0 Å². The van der Waals surface area contributed by atoms with E-state index >= 15 is 0 Å². The molecule has 0 bridgehead atoms. The van der Waals surface area contributed by atoms with Gasteiger partial charge in [0.05, 0.1) is 17.8 Å². The molecule has 6 heteroatoms. The van der Waals surface area contributed by atoms with E-state index in [1.165, 1.54) is 16.2 Å². The summed E-state index contributed by atoms with van der Waals surface area (Å²) in [6.45, 7) is 0.383. The van der Waals surface area contributed by atoms with Crippen molar-refractivity contribution in [3.8, 4) is 0 Å². The first-order valence-corrected chi connectivity index (χ1v) is 7.50. The molecule has 19 heavy (non-hydrogen) atoms. The highest BCUT2D eigenvalue weighted by atomic mass is 79.9. The predicted octanol–water partition coefficient (Wildman–Crippen LogP) is 3.89. The van der Waals surface area contributed by atoms with Crippen LogP contribution in [-0.2, 0) is 11.3 Å². The van der Waals surface area contributed by atoms with Gasteiger partial charge in [0.2, 0.25) is 0 Å². The average molecular weight is 357 g/mol. The number of halogens is 2. The molecule has 0 saturated heterocycles. The molecule has 2 aromatic rings. The molecule has 1 aliphatic heterocycles. The molecule has 1 amide bonds. The van der Waals surface area contributed by atoms with Crippen LogP contribution in [0.5, 0.6) is 0 Å². The molecule has 1 aromatic carbocycles. The fourth-order valence-electron chi connectivity index (χ4n) is 2.02. The summed E-state index contributed by atoms with van der Waals surface area (Å²) < 4.78 is 0.969. The van der Waals surface area contributed by atoms with E-state index < -0.39 is 11.7 Å². The van der Waals surface area contributed by atoms with Crippen molar-refractivity contribution in [2.45, 2.75) is 6.54 Å². The number of hydrogen-bond acceptors (Lipinski definition) is 3. The third kappa shape index (κ3) is 2.22. The average Bonchev–Trinajstić information content (AvgIpc) is 2.88. The Labute approximate surface area is 126 Å². The molecular formula is C13H7BrClNO2S. The maximum absolute atomic E-state index is 12.0. The van der Waals surface area contributed by atoms with Crippen LogP contribution in [0.25, 0.3) is 0 Å². The lowest BCUT2D eigenvalue weighted by atomic mass is 10.1. The van der Waals surface area contributed by atoms with Crippen LogP contribution in [0, 0.1) is 0 Å². The topological polar surface area (TPSA) is 37.4 Å². The number of hydrogen-bond donors (Lipinski definition) is 0. The van der Waals surface area contributed by atoms with Crippen molar-refractivity contribution < 1.29 is 9.59 Å². The summed E-state index contributed by atoms with van der Waals surface area (Å²) in [5.74, 6) is -0.968. The van der Waals surface area contributed by atoms with E-state index in [0.717, 1.165) is 9.35 Å². The molecule has 0 fully saturated rings. The lowest BCUT2D eigenvalue weighted by molar-refractivity contribution is -0.114. The number of anilines is 1. The van der Waals surface area contributed by atoms with Gasteiger partial charge in [-0.3, -0.25) is 14.5 Å². The number of rotatable bonds is 2. The Hall–Kier alpha value is -1.17. The number of thiophene rings is 1. The van der Waals surface area contributed by atoms with Crippen LogP contribution in [0.3, 0.4) is 0 Å². The maximum Gasteiger partial charge on any atom is 0.299 e. The first-order chi connectivity index (χ1) is 9.06. The van der Waals surface area contributed by atoms with E-state index in [-0.39, 0.29) is 0 Å². The van der Waals surface area contributed by atoms with Crippen LogP contribution in [0.2, 0.25) is 5.02 Å². The molecule has 1 aromatic heterocycles. The van der Waals surface area contributed by atoms with Gasteiger partial charge in [-0.1, -0.05) is 11.6 Å². The molecule has 0 radical (unpaired) electrons. The SMILES string of the molecule is O=C1C(=O)N(Cc2cc(Br)cs2)c2cc(Cl)ccc21. The normalized spacial score (nSPS) is 14.1. The Bertz CT molecular complexity index is 698. The van der Waals surface area contributed by atoms with Gasteiger partial charge in [0, 0.05) is 19.8 Å². The van der Waals surface area contributed by atoms with Gasteiger partial charge in [-0.2, -0.15) is 0 Å². The number of benzene rings is 1. The van der Waals surface area contributed by atoms with Crippen LogP contribution in [0.4, 0.5) is 5.69 Å². The molecule has 3 rings (SSSR count). The highest BCUT2D eigenvalue weighted by Crippen LogP contribution is 2.33. The Morgan fingerprint density at radius 3 is 2.74 bits per heavy atom. The van der Waals surface area contributed by atoms with Crippen LogP contribution in [0.15, 0.2) is 34.1 Å². The zero-order valence-corrected chi connectivity index (χ0v) is 12.7. The van der Waals surface area contributed by atoms with Crippen molar-refractivity contribution in [2.75, 3.05) is 4.90 Å². The van der Waals surface area contributed by atoms with E-state index in [4.69, 9.17) is 11.6 Å². The number of carbonyl (C=O) groups excluding carboxylic acids is 2. The largest absolute Gasteiger partial charge is 0.299 e. The van der Waals surface area contributed by atoms with Crippen molar-refractivity contribution in [1.29, 1.82) is 0 Å². The number of carbonyl (C=O) groups is 2. The van der Waals surface area contributed by atoms with Crippen molar-refractivity contribution in [3.63, 3.8) is 0 Å². The minimum Gasteiger partial charge on any atom is -0.299 e. The van der Waals surface area contributed by atoms with E-state index in [1.807, 2.05) is 11.4 Å². The molecule has 0 N–H and O–H groups in total. The Morgan fingerprint density at radius 1 is 1.26 bits per heavy atom. The number of nitrogens with zero attached hydrogens (tertiary/aromatic N) is 1. The lowest BCUT2D eigenvalue weighted by Gasteiger charge is -2.15. The number of fused-ring (bicyclic) bond motifs is 1. The fraction of sp³-hybridized carbons (Fsp3) is 0.0769. The molecular weight excluding hydrogens is 350 g/mol.